The maximum absolute atomic E-state index is 10.9. The van der Waals surface area contributed by atoms with Crippen molar-refractivity contribution in [3.05, 3.63) is 12.2 Å². The van der Waals surface area contributed by atoms with E-state index in [0.717, 1.165) is 12.2 Å². The number of aliphatic hydroxyl groups is 1. The van der Waals surface area contributed by atoms with E-state index in [-0.39, 0.29) is 0 Å². The molecule has 0 heterocycles. The molecule has 2 atom stereocenters. The molecule has 0 aliphatic carbocycles. The van der Waals surface area contributed by atoms with Crippen LogP contribution in [0.3, 0.4) is 0 Å². The summed E-state index contributed by atoms with van der Waals surface area (Å²) in [5, 5.41) is 8.66. The zero-order valence-electron chi connectivity index (χ0n) is 8.80. The van der Waals surface area contributed by atoms with Gasteiger partial charge in [0.2, 0.25) is 0 Å². The summed E-state index contributed by atoms with van der Waals surface area (Å²) in [5.41, 5.74) is 0. The smallest absolute Gasteiger partial charge is 0.333 e. The minimum atomic E-state index is -1.21. The number of hydrogen-bond donors (Lipinski definition) is 1. The predicted molar refractivity (Wildman–Crippen MR) is 49.5 cm³/mol. The molecular formula is C9H14O6. The lowest BCUT2D eigenvalue weighted by Crippen LogP contribution is -2.15. The van der Waals surface area contributed by atoms with Crippen LogP contribution in [0.5, 0.6) is 0 Å². The summed E-state index contributed by atoms with van der Waals surface area (Å²) in [6.45, 7) is 2.80. The minimum absolute atomic E-state index is 0.685. The third-order valence-corrected chi connectivity index (χ3v) is 1.26. The average molecular weight is 218 g/mol. The first-order valence-corrected chi connectivity index (χ1v) is 4.26. The summed E-state index contributed by atoms with van der Waals surface area (Å²) in [7, 11) is 1.38. The first kappa shape index (κ1) is 13.6. The molecule has 0 aromatic carbocycles. The van der Waals surface area contributed by atoms with E-state index in [1.807, 2.05) is 0 Å². The molecule has 0 rings (SSSR count). The maximum Gasteiger partial charge on any atom is 0.333 e. The van der Waals surface area contributed by atoms with Gasteiger partial charge in [0.05, 0.1) is 0 Å². The first-order valence-electron chi connectivity index (χ1n) is 4.26. The predicted octanol–water partition coefficient (Wildman–Crippen LogP) is -0.0403. The second kappa shape index (κ2) is 6.97. The Morgan fingerprint density at radius 1 is 1.13 bits per heavy atom. The van der Waals surface area contributed by atoms with Crippen LogP contribution in [0.4, 0.5) is 0 Å². The summed E-state index contributed by atoms with van der Waals surface area (Å²) in [4.78, 5) is 21.7. The van der Waals surface area contributed by atoms with E-state index in [4.69, 9.17) is 5.11 Å². The Hall–Kier alpha value is -1.40. The highest BCUT2D eigenvalue weighted by molar-refractivity contribution is 5.91. The highest BCUT2D eigenvalue weighted by Crippen LogP contribution is 1.94. The van der Waals surface area contributed by atoms with Crippen molar-refractivity contribution in [2.45, 2.75) is 26.4 Å². The molecule has 0 saturated carbocycles. The Morgan fingerprint density at radius 3 is 2.00 bits per heavy atom. The Bertz CT molecular complexity index is 245. The molecule has 0 bridgehead atoms. The molecule has 6 heteroatoms. The Labute approximate surface area is 87.4 Å². The van der Waals surface area contributed by atoms with Crippen LogP contribution in [-0.4, -0.2) is 36.7 Å². The largest absolute Gasteiger partial charge is 0.433 e. The molecule has 0 spiro atoms. The number of methoxy groups -OCH3 is 1. The number of esters is 2. The average Bonchev–Trinajstić information content (AvgIpc) is 2.13. The van der Waals surface area contributed by atoms with Crippen LogP contribution in [-0.2, 0) is 23.8 Å². The molecule has 86 valence electrons. The van der Waals surface area contributed by atoms with Gasteiger partial charge in [0, 0.05) is 19.3 Å². The fourth-order valence-electron chi connectivity index (χ4n) is 0.594. The van der Waals surface area contributed by atoms with Crippen LogP contribution in [0.1, 0.15) is 13.8 Å². The Kier molecular flexibility index (Phi) is 6.32. The molecule has 2 unspecified atom stereocenters. The zero-order valence-corrected chi connectivity index (χ0v) is 8.80. The van der Waals surface area contributed by atoms with Crippen LogP contribution in [0, 0.1) is 0 Å². The molecule has 15 heavy (non-hydrogen) atoms. The lowest BCUT2D eigenvalue weighted by Gasteiger charge is -2.08. The van der Waals surface area contributed by atoms with Crippen LogP contribution < -0.4 is 0 Å². The summed E-state index contributed by atoms with van der Waals surface area (Å²) in [6, 6.07) is 0. The van der Waals surface area contributed by atoms with Gasteiger partial charge in [0.15, 0.2) is 12.6 Å². The van der Waals surface area contributed by atoms with Gasteiger partial charge in [-0.3, -0.25) is 0 Å². The summed E-state index contributed by atoms with van der Waals surface area (Å²) in [5.74, 6) is -1.56. The quantitative estimate of drug-likeness (QED) is 0.396. The van der Waals surface area contributed by atoms with Crippen molar-refractivity contribution in [3.8, 4) is 0 Å². The van der Waals surface area contributed by atoms with Crippen molar-refractivity contribution >= 4 is 11.9 Å². The van der Waals surface area contributed by atoms with Gasteiger partial charge >= 0.3 is 11.9 Å². The standard InChI is InChI=1S/C9H14O6/c1-6(10)14-8(11)4-5-9(12)15-7(2)13-3/h4-7,10H,1-3H3. The lowest BCUT2D eigenvalue weighted by atomic mass is 10.5. The maximum atomic E-state index is 10.9. The van der Waals surface area contributed by atoms with Crippen molar-refractivity contribution < 1.29 is 28.9 Å². The number of carbonyl (C=O) groups is 2. The van der Waals surface area contributed by atoms with E-state index in [0.29, 0.717) is 0 Å². The molecule has 0 aliphatic rings. The Balaban J connectivity index is 3.95. The fourth-order valence-corrected chi connectivity index (χ4v) is 0.594. The SMILES string of the molecule is COC(C)OC(=O)C=CC(=O)OC(C)O. The third kappa shape index (κ3) is 7.65. The van der Waals surface area contributed by atoms with Crippen LogP contribution in [0.2, 0.25) is 0 Å². The molecule has 0 aromatic heterocycles. The van der Waals surface area contributed by atoms with E-state index >= 15 is 0 Å². The lowest BCUT2D eigenvalue weighted by molar-refractivity contribution is -0.165. The van der Waals surface area contributed by atoms with Gasteiger partial charge in [-0.05, 0) is 13.8 Å². The van der Waals surface area contributed by atoms with Gasteiger partial charge in [-0.15, -0.1) is 0 Å². The van der Waals surface area contributed by atoms with E-state index < -0.39 is 24.5 Å². The van der Waals surface area contributed by atoms with Crippen molar-refractivity contribution in [2.24, 2.45) is 0 Å². The zero-order chi connectivity index (χ0) is 11.8. The molecule has 0 fully saturated rings. The number of rotatable bonds is 5. The van der Waals surface area contributed by atoms with Gasteiger partial charge in [0.1, 0.15) is 0 Å². The second-order valence-corrected chi connectivity index (χ2v) is 2.61. The topological polar surface area (TPSA) is 82.1 Å². The van der Waals surface area contributed by atoms with E-state index in [2.05, 4.69) is 14.2 Å². The van der Waals surface area contributed by atoms with E-state index in [1.54, 1.807) is 0 Å². The highest BCUT2D eigenvalue weighted by Gasteiger charge is 2.06. The molecule has 1 N–H and O–H groups in total. The monoisotopic (exact) mass is 218 g/mol. The minimum Gasteiger partial charge on any atom is -0.433 e. The molecule has 0 aliphatic heterocycles. The van der Waals surface area contributed by atoms with Gasteiger partial charge in [-0.25, -0.2) is 9.59 Å². The molecular weight excluding hydrogens is 204 g/mol. The summed E-state index contributed by atoms with van der Waals surface area (Å²) in [6.07, 6.45) is -0.150. The number of aliphatic hydroxyl groups excluding tert-OH is 1. The van der Waals surface area contributed by atoms with Gasteiger partial charge < -0.3 is 19.3 Å². The molecule has 0 saturated heterocycles. The summed E-state index contributed by atoms with van der Waals surface area (Å²) < 4.78 is 13.6. The van der Waals surface area contributed by atoms with Crippen molar-refractivity contribution in [1.82, 2.24) is 0 Å². The molecule has 0 aromatic rings. The van der Waals surface area contributed by atoms with Crippen LogP contribution in [0.15, 0.2) is 12.2 Å². The van der Waals surface area contributed by atoms with E-state index in [1.165, 1.54) is 21.0 Å². The highest BCUT2D eigenvalue weighted by atomic mass is 16.7. The molecule has 0 amide bonds. The first-order chi connectivity index (χ1) is 6.95. The van der Waals surface area contributed by atoms with Crippen LogP contribution in [0.25, 0.3) is 0 Å². The van der Waals surface area contributed by atoms with Gasteiger partial charge in [0.25, 0.3) is 0 Å². The van der Waals surface area contributed by atoms with Gasteiger partial charge in [-0.1, -0.05) is 0 Å². The molecule has 6 nitrogen and oxygen atoms in total. The van der Waals surface area contributed by atoms with Crippen molar-refractivity contribution in [3.63, 3.8) is 0 Å². The Morgan fingerprint density at radius 2 is 1.60 bits per heavy atom. The molecule has 0 radical (unpaired) electrons. The fraction of sp³-hybridized carbons (Fsp3) is 0.556. The summed E-state index contributed by atoms with van der Waals surface area (Å²) >= 11 is 0. The van der Waals surface area contributed by atoms with Gasteiger partial charge in [-0.2, -0.15) is 0 Å². The number of hydrogen-bond acceptors (Lipinski definition) is 6. The van der Waals surface area contributed by atoms with Crippen molar-refractivity contribution in [2.75, 3.05) is 7.11 Å². The second-order valence-electron chi connectivity index (χ2n) is 2.61. The van der Waals surface area contributed by atoms with E-state index in [9.17, 15) is 9.59 Å². The normalized spacial score (nSPS) is 14.7. The number of ether oxygens (including phenoxy) is 3. The number of carbonyl (C=O) groups excluding carboxylic acids is 2. The third-order valence-electron chi connectivity index (χ3n) is 1.26. The van der Waals surface area contributed by atoms with Crippen molar-refractivity contribution in [1.29, 1.82) is 0 Å². The van der Waals surface area contributed by atoms with Crippen LogP contribution >= 0.6 is 0 Å².